The van der Waals surface area contributed by atoms with Gasteiger partial charge in [0.05, 0.1) is 0 Å². The molecule has 8 heteroatoms. The lowest BCUT2D eigenvalue weighted by Crippen LogP contribution is -2.40. The van der Waals surface area contributed by atoms with Crippen LogP contribution in [0.5, 0.6) is 5.75 Å². The number of carbonyl (C=O) groups is 2. The molecule has 0 spiro atoms. The lowest BCUT2D eigenvalue weighted by Gasteiger charge is -2.07. The van der Waals surface area contributed by atoms with E-state index in [9.17, 15) is 18.4 Å². The Labute approximate surface area is 147 Å². The quantitative estimate of drug-likeness (QED) is 0.629. The Bertz CT molecular complexity index is 780. The SMILES string of the molecule is O=C(/C=C/c1ccccc1OC(F)F)NNC(=O)c1ccc(Cl)cc1. The summed E-state index contributed by atoms with van der Waals surface area (Å²) in [5, 5.41) is 0.480. The number of hydrogen-bond donors (Lipinski definition) is 2. The molecule has 130 valence electrons. The molecular formula is C17H13ClF2N2O3. The van der Waals surface area contributed by atoms with Crippen LogP contribution in [0.15, 0.2) is 54.6 Å². The van der Waals surface area contributed by atoms with Gasteiger partial charge in [0, 0.05) is 22.2 Å². The first-order valence-corrected chi connectivity index (χ1v) is 7.41. The van der Waals surface area contributed by atoms with Crippen LogP contribution in [0.3, 0.4) is 0 Å². The molecule has 0 unspecified atom stereocenters. The highest BCUT2D eigenvalue weighted by Gasteiger charge is 2.08. The second-order valence-corrected chi connectivity index (χ2v) is 5.14. The zero-order chi connectivity index (χ0) is 18.2. The van der Waals surface area contributed by atoms with E-state index in [2.05, 4.69) is 15.6 Å². The Morgan fingerprint density at radius 1 is 1.04 bits per heavy atom. The van der Waals surface area contributed by atoms with Gasteiger partial charge >= 0.3 is 6.61 Å². The van der Waals surface area contributed by atoms with Crippen LogP contribution in [0.25, 0.3) is 6.08 Å². The fourth-order valence-electron chi connectivity index (χ4n) is 1.82. The molecule has 0 saturated heterocycles. The van der Waals surface area contributed by atoms with Crippen LogP contribution in [0.4, 0.5) is 8.78 Å². The van der Waals surface area contributed by atoms with E-state index in [1.165, 1.54) is 48.5 Å². The van der Waals surface area contributed by atoms with Crippen molar-refractivity contribution in [2.45, 2.75) is 6.61 Å². The van der Waals surface area contributed by atoms with Crippen LogP contribution in [0.1, 0.15) is 15.9 Å². The molecule has 5 nitrogen and oxygen atoms in total. The largest absolute Gasteiger partial charge is 0.434 e. The molecule has 0 saturated carbocycles. The van der Waals surface area contributed by atoms with E-state index >= 15 is 0 Å². The molecule has 0 aliphatic heterocycles. The van der Waals surface area contributed by atoms with Crippen molar-refractivity contribution in [2.75, 3.05) is 0 Å². The van der Waals surface area contributed by atoms with Gasteiger partial charge in [-0.1, -0.05) is 29.8 Å². The minimum atomic E-state index is -2.97. The van der Waals surface area contributed by atoms with Crippen LogP contribution in [-0.4, -0.2) is 18.4 Å². The number of benzene rings is 2. The summed E-state index contributed by atoms with van der Waals surface area (Å²) in [5.74, 6) is -1.24. The molecule has 0 bridgehead atoms. The van der Waals surface area contributed by atoms with Crippen LogP contribution in [0, 0.1) is 0 Å². The number of hydrazine groups is 1. The van der Waals surface area contributed by atoms with E-state index in [0.29, 0.717) is 16.1 Å². The van der Waals surface area contributed by atoms with E-state index < -0.39 is 18.4 Å². The lowest BCUT2D eigenvalue weighted by molar-refractivity contribution is -0.117. The minimum absolute atomic E-state index is 0.0632. The van der Waals surface area contributed by atoms with Crippen LogP contribution < -0.4 is 15.6 Å². The van der Waals surface area contributed by atoms with Crippen molar-refractivity contribution in [3.8, 4) is 5.75 Å². The van der Waals surface area contributed by atoms with E-state index in [-0.39, 0.29) is 5.75 Å². The third-order valence-electron chi connectivity index (χ3n) is 2.95. The summed E-state index contributed by atoms with van der Waals surface area (Å²) in [4.78, 5) is 23.5. The number of hydrogen-bond acceptors (Lipinski definition) is 3. The molecular weight excluding hydrogens is 354 g/mol. The summed E-state index contributed by atoms with van der Waals surface area (Å²) in [7, 11) is 0. The Morgan fingerprint density at radius 2 is 1.72 bits per heavy atom. The van der Waals surface area contributed by atoms with Crippen molar-refractivity contribution in [1.29, 1.82) is 0 Å². The van der Waals surface area contributed by atoms with Crippen molar-refractivity contribution in [1.82, 2.24) is 10.9 Å². The highest BCUT2D eigenvalue weighted by atomic mass is 35.5. The molecule has 0 radical (unpaired) electrons. The second-order valence-electron chi connectivity index (χ2n) is 4.70. The monoisotopic (exact) mass is 366 g/mol. The first kappa shape index (κ1) is 18.4. The molecule has 0 heterocycles. The maximum absolute atomic E-state index is 12.3. The van der Waals surface area contributed by atoms with Crippen LogP contribution in [0.2, 0.25) is 5.02 Å². The van der Waals surface area contributed by atoms with Gasteiger partial charge in [-0.25, -0.2) is 0 Å². The van der Waals surface area contributed by atoms with Crippen molar-refractivity contribution >= 4 is 29.5 Å². The molecule has 2 aromatic rings. The van der Waals surface area contributed by atoms with Gasteiger partial charge in [-0.2, -0.15) is 8.78 Å². The number of alkyl halides is 2. The van der Waals surface area contributed by atoms with Gasteiger partial charge in [-0.05, 0) is 36.4 Å². The lowest BCUT2D eigenvalue weighted by atomic mass is 10.2. The van der Waals surface area contributed by atoms with Gasteiger partial charge in [0.1, 0.15) is 5.75 Å². The van der Waals surface area contributed by atoms with Crippen molar-refractivity contribution in [3.63, 3.8) is 0 Å². The number of carbonyl (C=O) groups excluding carboxylic acids is 2. The molecule has 2 rings (SSSR count). The van der Waals surface area contributed by atoms with E-state index in [0.717, 1.165) is 6.08 Å². The van der Waals surface area contributed by atoms with Crippen molar-refractivity contribution < 1.29 is 23.1 Å². The fraction of sp³-hybridized carbons (Fsp3) is 0.0588. The summed E-state index contributed by atoms with van der Waals surface area (Å²) >= 11 is 5.72. The number of para-hydroxylation sites is 1. The average molecular weight is 367 g/mol. The number of amides is 2. The molecule has 0 aliphatic rings. The molecule has 0 aromatic heterocycles. The Balaban J connectivity index is 1.93. The Hall–Kier alpha value is -2.93. The summed E-state index contributed by atoms with van der Waals surface area (Å²) in [6, 6.07) is 12.1. The normalized spacial score (nSPS) is 10.7. The molecule has 2 aromatic carbocycles. The smallest absolute Gasteiger partial charge is 0.387 e. The summed E-state index contributed by atoms with van der Waals surface area (Å²) < 4.78 is 29.0. The molecule has 0 fully saturated rings. The van der Waals surface area contributed by atoms with Gasteiger partial charge in [0.2, 0.25) is 0 Å². The fourth-order valence-corrected chi connectivity index (χ4v) is 1.95. The first-order valence-electron chi connectivity index (χ1n) is 7.03. The summed E-state index contributed by atoms with van der Waals surface area (Å²) in [5.41, 5.74) is 5.00. The Morgan fingerprint density at radius 3 is 2.40 bits per heavy atom. The van der Waals surface area contributed by atoms with Gasteiger partial charge < -0.3 is 4.74 Å². The van der Waals surface area contributed by atoms with Crippen molar-refractivity contribution in [3.05, 3.63) is 70.8 Å². The number of halogens is 3. The van der Waals surface area contributed by atoms with Gasteiger partial charge in [-0.15, -0.1) is 0 Å². The van der Waals surface area contributed by atoms with E-state index in [4.69, 9.17) is 11.6 Å². The minimum Gasteiger partial charge on any atom is -0.434 e. The van der Waals surface area contributed by atoms with Crippen molar-refractivity contribution in [2.24, 2.45) is 0 Å². The topological polar surface area (TPSA) is 67.4 Å². The maximum atomic E-state index is 12.3. The van der Waals surface area contributed by atoms with Crippen LogP contribution >= 0.6 is 11.6 Å². The number of nitrogens with one attached hydrogen (secondary N) is 2. The number of rotatable bonds is 5. The van der Waals surface area contributed by atoms with Gasteiger partial charge in [0.15, 0.2) is 0 Å². The molecule has 2 N–H and O–H groups in total. The number of ether oxygens (including phenoxy) is 1. The highest BCUT2D eigenvalue weighted by Crippen LogP contribution is 2.21. The molecule has 0 atom stereocenters. The zero-order valence-electron chi connectivity index (χ0n) is 12.7. The molecule has 2 amide bonds. The third kappa shape index (κ3) is 5.89. The molecule has 25 heavy (non-hydrogen) atoms. The average Bonchev–Trinajstić information content (AvgIpc) is 2.59. The summed E-state index contributed by atoms with van der Waals surface area (Å²) in [6.45, 7) is -2.97. The Kier molecular flexibility index (Phi) is 6.47. The van der Waals surface area contributed by atoms with Gasteiger partial charge in [-0.3, -0.25) is 20.4 Å². The maximum Gasteiger partial charge on any atom is 0.387 e. The predicted molar refractivity (Wildman–Crippen MR) is 89.2 cm³/mol. The summed E-state index contributed by atoms with van der Waals surface area (Å²) in [6.07, 6.45) is 2.37. The van der Waals surface area contributed by atoms with E-state index in [1.807, 2.05) is 0 Å². The third-order valence-corrected chi connectivity index (χ3v) is 3.21. The second kappa shape index (κ2) is 8.79. The predicted octanol–water partition coefficient (Wildman–Crippen LogP) is 3.42. The highest BCUT2D eigenvalue weighted by molar-refractivity contribution is 6.30. The molecule has 0 aliphatic carbocycles. The first-order chi connectivity index (χ1) is 12.0. The standard InChI is InChI=1S/C17H13ClF2N2O3/c18-13-8-5-12(6-9-13)16(24)22-21-15(23)10-7-11-3-1-2-4-14(11)25-17(19)20/h1-10,17H,(H,21,23)(H,22,24)/b10-7+. The van der Waals surface area contributed by atoms with Crippen LogP contribution in [-0.2, 0) is 4.79 Å². The van der Waals surface area contributed by atoms with E-state index in [1.54, 1.807) is 6.07 Å². The zero-order valence-corrected chi connectivity index (χ0v) is 13.5. The van der Waals surface area contributed by atoms with Gasteiger partial charge in [0.25, 0.3) is 11.8 Å².